The summed E-state index contributed by atoms with van der Waals surface area (Å²) >= 11 is 3.02. The molecule has 0 saturated heterocycles. The van der Waals surface area contributed by atoms with Crippen LogP contribution in [0.15, 0.2) is 28.5 Å². The Hall–Kier alpha value is -1.53. The molecule has 1 aliphatic heterocycles. The van der Waals surface area contributed by atoms with E-state index in [1.54, 1.807) is 11.8 Å². The number of hydrogen-bond donors (Lipinski definition) is 2. The number of aryl methyl sites for hydroxylation is 2. The molecule has 1 amide bonds. The number of benzene rings is 1. The fourth-order valence-corrected chi connectivity index (χ4v) is 4.48. The van der Waals surface area contributed by atoms with Gasteiger partial charge in [0.25, 0.3) is 0 Å². The summed E-state index contributed by atoms with van der Waals surface area (Å²) in [5, 5.41) is 3.47. The van der Waals surface area contributed by atoms with Crippen LogP contribution < -0.4 is 11.1 Å². The zero-order chi connectivity index (χ0) is 14.1. The second-order valence-electron chi connectivity index (χ2n) is 4.72. The van der Waals surface area contributed by atoms with Crippen LogP contribution in [0.4, 0.5) is 10.8 Å². The summed E-state index contributed by atoms with van der Waals surface area (Å²) in [6.07, 6.45) is 1.73. The van der Waals surface area contributed by atoms with Gasteiger partial charge in [-0.25, -0.2) is 4.98 Å². The molecule has 20 heavy (non-hydrogen) atoms. The minimum atomic E-state index is -0.0963. The summed E-state index contributed by atoms with van der Waals surface area (Å²) in [6.45, 7) is 1.93. The Kier molecular flexibility index (Phi) is 3.67. The Morgan fingerprint density at radius 2 is 2.25 bits per heavy atom. The van der Waals surface area contributed by atoms with E-state index in [1.165, 1.54) is 16.9 Å². The van der Waals surface area contributed by atoms with E-state index in [1.807, 2.05) is 25.1 Å². The number of amides is 1. The van der Waals surface area contributed by atoms with Crippen molar-refractivity contribution in [2.75, 3.05) is 11.1 Å². The van der Waals surface area contributed by atoms with E-state index in [2.05, 4.69) is 16.4 Å². The number of nitrogens with two attached hydrogens (primary N) is 1. The van der Waals surface area contributed by atoms with Gasteiger partial charge in [0.05, 0.1) is 15.2 Å². The minimum absolute atomic E-state index is 0.0614. The Morgan fingerprint density at radius 1 is 1.45 bits per heavy atom. The normalized spacial score (nSPS) is 18.2. The quantitative estimate of drug-likeness (QED) is 0.894. The fourth-order valence-electron chi connectivity index (χ4n) is 2.24. The maximum Gasteiger partial charge on any atom is 0.237 e. The number of rotatable bonds is 2. The highest BCUT2D eigenvalue weighted by Gasteiger charge is 2.25. The third-order valence-electron chi connectivity index (χ3n) is 3.26. The predicted octanol–water partition coefficient (Wildman–Crippen LogP) is 3.08. The number of hydrogen-bond acceptors (Lipinski definition) is 5. The van der Waals surface area contributed by atoms with Gasteiger partial charge in [0.15, 0.2) is 5.13 Å². The largest absolute Gasteiger partial charge is 0.375 e. The van der Waals surface area contributed by atoms with E-state index in [0.29, 0.717) is 5.13 Å². The van der Waals surface area contributed by atoms with Crippen molar-refractivity contribution in [2.24, 2.45) is 0 Å². The fraction of sp³-hybridized carbons (Fsp3) is 0.286. The number of aromatic nitrogens is 1. The SMILES string of the molecule is Cc1nc(N)sc1SC1CCc2ccccc2NC1=O. The molecule has 3 rings (SSSR count). The molecule has 0 bridgehead atoms. The first-order valence-corrected chi connectivity index (χ1v) is 8.11. The standard InChI is InChI=1S/C14H15N3OS2/c1-8-13(20-14(15)16-8)19-11-7-6-9-4-2-3-5-10(9)17-12(11)18/h2-5,11H,6-7H2,1H3,(H2,15,16)(H,17,18). The molecule has 2 heterocycles. The zero-order valence-electron chi connectivity index (χ0n) is 11.1. The van der Waals surface area contributed by atoms with Crippen molar-refractivity contribution >= 4 is 39.8 Å². The summed E-state index contributed by atoms with van der Waals surface area (Å²) in [7, 11) is 0. The first kappa shape index (κ1) is 13.5. The molecule has 0 aliphatic carbocycles. The van der Waals surface area contributed by atoms with Gasteiger partial charge in [0.2, 0.25) is 5.91 Å². The van der Waals surface area contributed by atoms with Crippen molar-refractivity contribution < 1.29 is 4.79 Å². The molecule has 1 aliphatic rings. The summed E-state index contributed by atoms with van der Waals surface area (Å²) in [6, 6.07) is 7.97. The Morgan fingerprint density at radius 3 is 3.00 bits per heavy atom. The average molecular weight is 305 g/mol. The molecule has 2 aromatic rings. The number of nitrogen functional groups attached to an aromatic ring is 1. The van der Waals surface area contributed by atoms with Crippen molar-refractivity contribution in [3.8, 4) is 0 Å². The van der Waals surface area contributed by atoms with E-state index >= 15 is 0 Å². The number of nitrogens with one attached hydrogen (secondary N) is 1. The van der Waals surface area contributed by atoms with E-state index in [0.717, 1.165) is 28.4 Å². The second kappa shape index (κ2) is 5.46. The van der Waals surface area contributed by atoms with Crippen molar-refractivity contribution in [1.82, 2.24) is 4.98 Å². The first-order chi connectivity index (χ1) is 9.63. The number of carbonyl (C=O) groups is 1. The number of thioether (sulfide) groups is 1. The number of carbonyl (C=O) groups excluding carboxylic acids is 1. The lowest BCUT2D eigenvalue weighted by Crippen LogP contribution is -2.23. The second-order valence-corrected chi connectivity index (χ2v) is 7.22. The van der Waals surface area contributed by atoms with Crippen LogP contribution in [0.1, 0.15) is 17.7 Å². The monoisotopic (exact) mass is 305 g/mol. The number of nitrogens with zero attached hydrogens (tertiary/aromatic N) is 1. The molecule has 6 heteroatoms. The lowest BCUT2D eigenvalue weighted by Gasteiger charge is -2.11. The molecule has 0 spiro atoms. The summed E-state index contributed by atoms with van der Waals surface area (Å²) in [5.41, 5.74) is 8.75. The molecule has 0 radical (unpaired) electrons. The Labute approximate surface area is 125 Å². The minimum Gasteiger partial charge on any atom is -0.375 e. The molecular formula is C14H15N3OS2. The Balaban J connectivity index is 1.79. The van der Waals surface area contributed by atoms with Gasteiger partial charge < -0.3 is 11.1 Å². The summed E-state index contributed by atoms with van der Waals surface area (Å²) in [4.78, 5) is 16.5. The van der Waals surface area contributed by atoms with Crippen LogP contribution in [0.5, 0.6) is 0 Å². The third kappa shape index (κ3) is 2.66. The molecule has 4 nitrogen and oxygen atoms in total. The van der Waals surface area contributed by atoms with Crippen LogP contribution in [0.2, 0.25) is 0 Å². The van der Waals surface area contributed by atoms with Crippen LogP contribution in [0.25, 0.3) is 0 Å². The van der Waals surface area contributed by atoms with Crippen molar-refractivity contribution in [1.29, 1.82) is 0 Å². The van der Waals surface area contributed by atoms with Gasteiger partial charge in [-0.05, 0) is 31.4 Å². The number of thiazole rings is 1. The molecule has 1 aromatic carbocycles. The van der Waals surface area contributed by atoms with Gasteiger partial charge in [-0.2, -0.15) is 0 Å². The smallest absolute Gasteiger partial charge is 0.237 e. The average Bonchev–Trinajstić information content (AvgIpc) is 2.64. The van der Waals surface area contributed by atoms with Crippen LogP contribution in [0, 0.1) is 6.92 Å². The Bertz CT molecular complexity index is 654. The van der Waals surface area contributed by atoms with Gasteiger partial charge >= 0.3 is 0 Å². The number of anilines is 2. The first-order valence-electron chi connectivity index (χ1n) is 6.42. The highest BCUT2D eigenvalue weighted by Crippen LogP contribution is 2.37. The molecule has 0 saturated carbocycles. The molecule has 3 N–H and O–H groups in total. The number of fused-ring (bicyclic) bond motifs is 1. The lowest BCUT2D eigenvalue weighted by atomic mass is 10.1. The van der Waals surface area contributed by atoms with Gasteiger partial charge in [0.1, 0.15) is 0 Å². The van der Waals surface area contributed by atoms with Crippen LogP contribution in [-0.2, 0) is 11.2 Å². The molecule has 1 atom stereocenters. The third-order valence-corrected chi connectivity index (χ3v) is 5.83. The van der Waals surface area contributed by atoms with Gasteiger partial charge in [-0.3, -0.25) is 4.79 Å². The maximum atomic E-state index is 12.3. The van der Waals surface area contributed by atoms with Gasteiger partial charge in [-0.1, -0.05) is 41.3 Å². The maximum absolute atomic E-state index is 12.3. The van der Waals surface area contributed by atoms with E-state index in [-0.39, 0.29) is 11.2 Å². The predicted molar refractivity (Wildman–Crippen MR) is 84.3 cm³/mol. The topological polar surface area (TPSA) is 68.0 Å². The lowest BCUT2D eigenvalue weighted by molar-refractivity contribution is -0.115. The van der Waals surface area contributed by atoms with E-state index < -0.39 is 0 Å². The number of para-hydroxylation sites is 1. The van der Waals surface area contributed by atoms with Crippen LogP contribution in [0.3, 0.4) is 0 Å². The van der Waals surface area contributed by atoms with E-state index in [9.17, 15) is 4.79 Å². The molecule has 1 unspecified atom stereocenters. The molecule has 104 valence electrons. The van der Waals surface area contributed by atoms with Crippen LogP contribution in [-0.4, -0.2) is 16.1 Å². The van der Waals surface area contributed by atoms with Crippen molar-refractivity contribution in [2.45, 2.75) is 29.2 Å². The summed E-state index contributed by atoms with van der Waals surface area (Å²) < 4.78 is 1.04. The summed E-state index contributed by atoms with van der Waals surface area (Å²) in [5.74, 6) is 0.0614. The molecule has 0 fully saturated rings. The van der Waals surface area contributed by atoms with Gasteiger partial charge in [-0.15, -0.1) is 0 Å². The zero-order valence-corrected chi connectivity index (χ0v) is 12.7. The highest BCUT2D eigenvalue weighted by molar-refractivity contribution is 8.02. The molecule has 1 aromatic heterocycles. The van der Waals surface area contributed by atoms with Gasteiger partial charge in [0, 0.05) is 5.69 Å². The highest BCUT2D eigenvalue weighted by atomic mass is 32.2. The van der Waals surface area contributed by atoms with E-state index in [4.69, 9.17) is 5.73 Å². The van der Waals surface area contributed by atoms with Crippen LogP contribution >= 0.6 is 23.1 Å². The molecular weight excluding hydrogens is 290 g/mol. The van der Waals surface area contributed by atoms with Crippen molar-refractivity contribution in [3.63, 3.8) is 0 Å². The van der Waals surface area contributed by atoms with Crippen molar-refractivity contribution in [3.05, 3.63) is 35.5 Å².